The van der Waals surface area contributed by atoms with Crippen molar-refractivity contribution in [3.8, 4) is 0 Å². The molecule has 0 atom stereocenters. The zero-order valence-corrected chi connectivity index (χ0v) is 9.48. The van der Waals surface area contributed by atoms with Crippen molar-refractivity contribution >= 4 is 0 Å². The molecule has 1 nitrogen and oxygen atoms in total. The van der Waals surface area contributed by atoms with E-state index < -0.39 is 0 Å². The smallest absolute Gasteiger partial charge is 0.0201 e. The Labute approximate surface area is 82.9 Å². The third kappa shape index (κ3) is 6.44. The summed E-state index contributed by atoms with van der Waals surface area (Å²) in [6.07, 6.45) is 4.14. The van der Waals surface area contributed by atoms with Gasteiger partial charge in [-0.15, -0.1) is 6.58 Å². The van der Waals surface area contributed by atoms with Crippen molar-refractivity contribution in [2.45, 2.75) is 46.6 Å². The average molecular weight is 181 g/mol. The molecule has 0 saturated heterocycles. The van der Waals surface area contributed by atoms with Crippen LogP contribution in [-0.4, -0.2) is 6.04 Å². The molecule has 0 rings (SSSR count). The van der Waals surface area contributed by atoms with E-state index in [2.05, 4.69) is 46.2 Å². The lowest BCUT2D eigenvalue weighted by atomic mass is 9.87. The second-order valence-electron chi connectivity index (χ2n) is 4.60. The van der Waals surface area contributed by atoms with Crippen molar-refractivity contribution in [2.24, 2.45) is 5.41 Å². The first-order valence-corrected chi connectivity index (χ1v) is 4.95. The molecule has 0 aromatic carbocycles. The molecule has 0 aliphatic carbocycles. The van der Waals surface area contributed by atoms with Gasteiger partial charge in [-0.2, -0.15) is 0 Å². The maximum atomic E-state index is 3.99. The van der Waals surface area contributed by atoms with Gasteiger partial charge in [0.15, 0.2) is 0 Å². The number of nitrogens with one attached hydrogen (secondary N) is 1. The van der Waals surface area contributed by atoms with Gasteiger partial charge < -0.3 is 5.32 Å². The molecule has 0 aliphatic rings. The summed E-state index contributed by atoms with van der Waals surface area (Å²) in [5.74, 6) is 0. The summed E-state index contributed by atoms with van der Waals surface area (Å²) < 4.78 is 0. The molecule has 76 valence electrons. The highest BCUT2D eigenvalue weighted by Crippen LogP contribution is 2.24. The molecule has 0 spiro atoms. The highest BCUT2D eigenvalue weighted by Gasteiger charge is 2.12. The van der Waals surface area contributed by atoms with Crippen LogP contribution in [0.25, 0.3) is 0 Å². The van der Waals surface area contributed by atoms with Gasteiger partial charge in [-0.1, -0.05) is 26.5 Å². The topological polar surface area (TPSA) is 12.0 Å². The van der Waals surface area contributed by atoms with Crippen LogP contribution in [0, 0.1) is 5.41 Å². The minimum atomic E-state index is 0.224. The zero-order valence-electron chi connectivity index (χ0n) is 9.48. The molecule has 0 heterocycles. The maximum absolute atomic E-state index is 3.99. The fraction of sp³-hybridized carbons (Fsp3) is 0.667. The van der Waals surface area contributed by atoms with E-state index in [1.165, 1.54) is 0 Å². The van der Waals surface area contributed by atoms with Crippen LogP contribution in [0.1, 0.15) is 40.5 Å². The Morgan fingerprint density at radius 3 is 2.38 bits per heavy atom. The van der Waals surface area contributed by atoms with Gasteiger partial charge in [-0.05, 0) is 32.1 Å². The molecule has 1 N–H and O–H groups in total. The van der Waals surface area contributed by atoms with Crippen molar-refractivity contribution < 1.29 is 0 Å². The van der Waals surface area contributed by atoms with Gasteiger partial charge in [0.2, 0.25) is 0 Å². The first kappa shape index (κ1) is 12.3. The summed E-state index contributed by atoms with van der Waals surface area (Å²) in [5.41, 5.74) is 1.35. The largest absolute Gasteiger partial charge is 0.387 e. The Bertz CT molecular complexity index is 178. The van der Waals surface area contributed by atoms with Crippen LogP contribution >= 0.6 is 0 Å². The van der Waals surface area contributed by atoms with E-state index in [4.69, 9.17) is 0 Å². The first-order chi connectivity index (χ1) is 5.87. The van der Waals surface area contributed by atoms with E-state index in [1.54, 1.807) is 0 Å². The minimum Gasteiger partial charge on any atom is -0.387 e. The Balaban J connectivity index is 3.76. The van der Waals surface area contributed by atoms with E-state index in [0.717, 1.165) is 18.5 Å². The summed E-state index contributed by atoms with van der Waals surface area (Å²) in [6, 6.07) is 0.486. The zero-order chi connectivity index (χ0) is 10.5. The highest BCUT2D eigenvalue weighted by atomic mass is 14.9. The van der Waals surface area contributed by atoms with Crippen LogP contribution in [0.5, 0.6) is 0 Å². The average Bonchev–Trinajstić information content (AvgIpc) is 2.00. The van der Waals surface area contributed by atoms with Crippen molar-refractivity contribution in [2.75, 3.05) is 0 Å². The second kappa shape index (κ2) is 5.11. The van der Waals surface area contributed by atoms with Crippen molar-refractivity contribution in [1.29, 1.82) is 0 Å². The molecule has 0 fully saturated rings. The van der Waals surface area contributed by atoms with Gasteiger partial charge in [0.05, 0.1) is 0 Å². The quantitative estimate of drug-likeness (QED) is 0.618. The fourth-order valence-electron chi connectivity index (χ4n) is 1.06. The van der Waals surface area contributed by atoms with Crippen LogP contribution in [-0.2, 0) is 0 Å². The van der Waals surface area contributed by atoms with Crippen LogP contribution in [0.2, 0.25) is 0 Å². The van der Waals surface area contributed by atoms with Crippen molar-refractivity contribution in [3.05, 3.63) is 24.9 Å². The Morgan fingerprint density at radius 1 is 1.46 bits per heavy atom. The Kier molecular flexibility index (Phi) is 4.82. The van der Waals surface area contributed by atoms with Crippen molar-refractivity contribution in [1.82, 2.24) is 5.32 Å². The summed E-state index contributed by atoms with van der Waals surface area (Å²) in [4.78, 5) is 0. The van der Waals surface area contributed by atoms with Crippen molar-refractivity contribution in [3.63, 3.8) is 0 Å². The third-order valence-electron chi connectivity index (χ3n) is 2.12. The predicted molar refractivity (Wildman–Crippen MR) is 60.6 cm³/mol. The lowest BCUT2D eigenvalue weighted by Crippen LogP contribution is -2.22. The minimum absolute atomic E-state index is 0.224. The van der Waals surface area contributed by atoms with Gasteiger partial charge in [-0.25, -0.2) is 0 Å². The van der Waals surface area contributed by atoms with Gasteiger partial charge in [0.25, 0.3) is 0 Å². The number of allylic oxidation sites excluding steroid dienone is 2. The third-order valence-corrected chi connectivity index (χ3v) is 2.12. The molecule has 0 bridgehead atoms. The summed E-state index contributed by atoms with van der Waals surface area (Å²) in [5, 5.41) is 3.31. The van der Waals surface area contributed by atoms with E-state index >= 15 is 0 Å². The molecule has 1 heteroatoms. The van der Waals surface area contributed by atoms with E-state index in [0.29, 0.717) is 6.04 Å². The summed E-state index contributed by atoms with van der Waals surface area (Å²) in [6.45, 7) is 16.5. The van der Waals surface area contributed by atoms with Gasteiger partial charge in [-0.3, -0.25) is 0 Å². The molecular formula is C12H23N. The lowest BCUT2D eigenvalue weighted by molar-refractivity contribution is 0.429. The monoisotopic (exact) mass is 181 g/mol. The molecule has 0 aromatic rings. The Morgan fingerprint density at radius 2 is 2.00 bits per heavy atom. The van der Waals surface area contributed by atoms with Gasteiger partial charge in [0, 0.05) is 11.7 Å². The van der Waals surface area contributed by atoms with Gasteiger partial charge in [0.1, 0.15) is 0 Å². The fourth-order valence-corrected chi connectivity index (χ4v) is 1.06. The maximum Gasteiger partial charge on any atom is 0.0201 e. The molecule has 0 aliphatic heterocycles. The number of rotatable bonds is 6. The van der Waals surface area contributed by atoms with E-state index in [1.807, 2.05) is 6.08 Å². The number of hydrogen-bond donors (Lipinski definition) is 1. The van der Waals surface area contributed by atoms with Crippen LogP contribution < -0.4 is 5.32 Å². The number of hydrogen-bond acceptors (Lipinski definition) is 1. The predicted octanol–water partition coefficient (Wildman–Crippen LogP) is 3.49. The van der Waals surface area contributed by atoms with E-state index in [-0.39, 0.29) is 5.41 Å². The normalized spacial score (nSPS) is 11.5. The standard InChI is InChI=1S/C12H23N/c1-7-12(5,6)9-8-11(4)13-10(2)3/h7,10,13H,1,4,8-9H2,2-3,5-6H3. The summed E-state index contributed by atoms with van der Waals surface area (Å²) in [7, 11) is 0. The molecule has 0 radical (unpaired) electrons. The van der Waals surface area contributed by atoms with Gasteiger partial charge >= 0.3 is 0 Å². The lowest BCUT2D eigenvalue weighted by Gasteiger charge is -2.21. The molecule has 0 aromatic heterocycles. The SMILES string of the molecule is C=CC(C)(C)CCC(=C)NC(C)C. The van der Waals surface area contributed by atoms with Crippen LogP contribution in [0.15, 0.2) is 24.9 Å². The molecule has 0 unspecified atom stereocenters. The summed E-state index contributed by atoms with van der Waals surface area (Å²) >= 11 is 0. The molecule has 0 saturated carbocycles. The molecule has 0 amide bonds. The molecular weight excluding hydrogens is 158 g/mol. The van der Waals surface area contributed by atoms with Crippen LogP contribution in [0.3, 0.4) is 0 Å². The van der Waals surface area contributed by atoms with E-state index in [9.17, 15) is 0 Å². The Hall–Kier alpha value is -0.720. The second-order valence-corrected chi connectivity index (χ2v) is 4.60. The highest BCUT2D eigenvalue weighted by molar-refractivity contribution is 4.96. The molecule has 13 heavy (non-hydrogen) atoms. The first-order valence-electron chi connectivity index (χ1n) is 4.95. The van der Waals surface area contributed by atoms with Crippen LogP contribution in [0.4, 0.5) is 0 Å².